The molecule has 1 aromatic heterocycles. The molecule has 98 valence electrons. The Bertz CT molecular complexity index is 354. The maximum absolute atomic E-state index is 11.4. The van der Waals surface area contributed by atoms with Crippen LogP contribution < -0.4 is 5.32 Å². The number of nitrogens with zero attached hydrogens (tertiary/aromatic N) is 4. The highest BCUT2D eigenvalue weighted by atomic mass is 32.2. The summed E-state index contributed by atoms with van der Waals surface area (Å²) in [7, 11) is -0.775. The number of nitrogens with one attached hydrogen (secondary N) is 1. The third-order valence-electron chi connectivity index (χ3n) is 2.50. The molecule has 7 heteroatoms. The zero-order chi connectivity index (χ0) is 12.7. The summed E-state index contributed by atoms with van der Waals surface area (Å²) >= 11 is 0. The molecular weight excluding hydrogens is 238 g/mol. The van der Waals surface area contributed by atoms with Gasteiger partial charge in [-0.05, 0) is 30.3 Å². The molecule has 0 aliphatic carbocycles. The molecule has 2 unspecified atom stereocenters. The quantitative estimate of drug-likeness (QED) is 0.736. The van der Waals surface area contributed by atoms with Gasteiger partial charge in [-0.2, -0.15) is 0 Å². The van der Waals surface area contributed by atoms with Crippen LogP contribution in [0, 0.1) is 0 Å². The zero-order valence-corrected chi connectivity index (χ0v) is 11.5. The van der Waals surface area contributed by atoms with Crippen molar-refractivity contribution in [2.24, 2.45) is 0 Å². The third kappa shape index (κ3) is 4.51. The minimum atomic E-state index is -0.775. The molecule has 1 N–H and O–H groups in total. The number of rotatable bonds is 8. The average molecular weight is 259 g/mol. The first-order valence-corrected chi connectivity index (χ1v) is 7.52. The highest BCUT2D eigenvalue weighted by molar-refractivity contribution is 7.84. The summed E-state index contributed by atoms with van der Waals surface area (Å²) in [6.07, 6.45) is 1.08. The minimum Gasteiger partial charge on any atom is -0.307 e. The average Bonchev–Trinajstić information content (AvgIpc) is 2.81. The maximum atomic E-state index is 11.4. The van der Waals surface area contributed by atoms with E-state index in [9.17, 15) is 4.21 Å². The fourth-order valence-corrected chi connectivity index (χ4v) is 2.13. The summed E-state index contributed by atoms with van der Waals surface area (Å²) in [5.74, 6) is 2.10. The molecule has 6 nitrogen and oxygen atoms in total. The van der Waals surface area contributed by atoms with E-state index >= 15 is 0 Å². The van der Waals surface area contributed by atoms with E-state index in [0.29, 0.717) is 18.1 Å². The van der Waals surface area contributed by atoms with Crippen molar-refractivity contribution in [3.8, 4) is 0 Å². The van der Waals surface area contributed by atoms with E-state index in [1.807, 2.05) is 13.8 Å². The molecule has 1 rings (SSSR count). The van der Waals surface area contributed by atoms with Crippen LogP contribution in [-0.2, 0) is 17.3 Å². The van der Waals surface area contributed by atoms with Gasteiger partial charge < -0.3 is 5.32 Å². The zero-order valence-electron chi connectivity index (χ0n) is 10.7. The molecule has 0 amide bonds. The van der Waals surface area contributed by atoms with Gasteiger partial charge in [-0.25, -0.2) is 4.68 Å². The van der Waals surface area contributed by atoms with Crippen molar-refractivity contribution >= 4 is 10.8 Å². The van der Waals surface area contributed by atoms with E-state index in [1.54, 1.807) is 4.68 Å². The lowest BCUT2D eigenvalue weighted by Crippen LogP contribution is -2.24. The molecule has 0 aromatic carbocycles. The first kappa shape index (κ1) is 14.2. The van der Waals surface area contributed by atoms with Crippen LogP contribution in [0.15, 0.2) is 0 Å². The Morgan fingerprint density at radius 2 is 2.24 bits per heavy atom. The van der Waals surface area contributed by atoms with E-state index in [1.165, 1.54) is 0 Å². The SMILES string of the molecule is CCCNC(C)c1nnnn1CCS(=O)CC. The molecule has 0 aliphatic rings. The molecule has 0 aliphatic heterocycles. The molecule has 0 spiro atoms. The van der Waals surface area contributed by atoms with Crippen LogP contribution in [0.5, 0.6) is 0 Å². The summed E-state index contributed by atoms with van der Waals surface area (Å²) < 4.78 is 13.1. The first-order chi connectivity index (χ1) is 8.19. The van der Waals surface area contributed by atoms with Gasteiger partial charge in [0.05, 0.1) is 12.6 Å². The van der Waals surface area contributed by atoms with Crippen molar-refractivity contribution < 1.29 is 4.21 Å². The lowest BCUT2D eigenvalue weighted by Gasteiger charge is -2.12. The predicted octanol–water partition coefficient (Wildman–Crippen LogP) is 0.502. The van der Waals surface area contributed by atoms with Gasteiger partial charge in [-0.1, -0.05) is 13.8 Å². The van der Waals surface area contributed by atoms with Gasteiger partial charge in [0.15, 0.2) is 5.82 Å². The Labute approximate surface area is 105 Å². The van der Waals surface area contributed by atoms with Crippen LogP contribution in [0.25, 0.3) is 0 Å². The molecule has 0 saturated heterocycles. The van der Waals surface area contributed by atoms with Gasteiger partial charge in [0.2, 0.25) is 0 Å². The standard InChI is InChI=1S/C10H21N5OS/c1-4-6-11-9(3)10-12-13-14-15(10)7-8-17(16)5-2/h9,11H,4-8H2,1-3H3. The van der Waals surface area contributed by atoms with Gasteiger partial charge in [0.1, 0.15) is 0 Å². The molecule has 2 atom stereocenters. The minimum absolute atomic E-state index is 0.125. The van der Waals surface area contributed by atoms with E-state index < -0.39 is 10.8 Å². The van der Waals surface area contributed by atoms with Gasteiger partial charge in [0.25, 0.3) is 0 Å². The maximum Gasteiger partial charge on any atom is 0.167 e. The first-order valence-electron chi connectivity index (χ1n) is 6.03. The highest BCUT2D eigenvalue weighted by Crippen LogP contribution is 2.07. The van der Waals surface area contributed by atoms with E-state index in [4.69, 9.17) is 0 Å². The van der Waals surface area contributed by atoms with Crippen LogP contribution in [0.1, 0.15) is 39.1 Å². The second-order valence-corrected chi connectivity index (χ2v) is 5.73. The van der Waals surface area contributed by atoms with Gasteiger partial charge in [-0.15, -0.1) is 5.10 Å². The second kappa shape index (κ2) is 7.50. The summed E-state index contributed by atoms with van der Waals surface area (Å²) in [6.45, 7) is 7.62. The van der Waals surface area contributed by atoms with E-state index in [-0.39, 0.29) is 6.04 Å². The number of tetrazole rings is 1. The second-order valence-electron chi connectivity index (χ2n) is 3.87. The highest BCUT2D eigenvalue weighted by Gasteiger charge is 2.13. The molecule has 0 radical (unpaired) electrons. The van der Waals surface area contributed by atoms with Gasteiger partial charge in [0, 0.05) is 22.3 Å². The fraction of sp³-hybridized carbons (Fsp3) is 0.900. The number of aryl methyl sites for hydroxylation is 1. The molecule has 1 aromatic rings. The molecule has 0 bridgehead atoms. The largest absolute Gasteiger partial charge is 0.307 e. The van der Waals surface area contributed by atoms with Crippen molar-refractivity contribution in [1.82, 2.24) is 25.5 Å². The Kier molecular flexibility index (Phi) is 6.28. The Hall–Kier alpha value is -0.820. The van der Waals surface area contributed by atoms with Crippen molar-refractivity contribution in [2.45, 2.75) is 39.8 Å². The summed E-state index contributed by atoms with van der Waals surface area (Å²) in [5, 5.41) is 15.0. The Morgan fingerprint density at radius 3 is 2.88 bits per heavy atom. The lowest BCUT2D eigenvalue weighted by atomic mass is 10.3. The molecular formula is C10H21N5OS. The van der Waals surface area contributed by atoms with Crippen LogP contribution in [0.3, 0.4) is 0 Å². The Balaban J connectivity index is 2.55. The summed E-state index contributed by atoms with van der Waals surface area (Å²) in [5.41, 5.74) is 0. The van der Waals surface area contributed by atoms with Crippen LogP contribution >= 0.6 is 0 Å². The van der Waals surface area contributed by atoms with Crippen molar-refractivity contribution in [3.63, 3.8) is 0 Å². The smallest absolute Gasteiger partial charge is 0.167 e. The lowest BCUT2D eigenvalue weighted by molar-refractivity contribution is 0.498. The van der Waals surface area contributed by atoms with Crippen LogP contribution in [0.4, 0.5) is 0 Å². The monoisotopic (exact) mass is 259 g/mol. The Morgan fingerprint density at radius 1 is 1.47 bits per heavy atom. The van der Waals surface area contributed by atoms with Crippen molar-refractivity contribution in [3.05, 3.63) is 5.82 Å². The van der Waals surface area contributed by atoms with Crippen molar-refractivity contribution in [2.75, 3.05) is 18.1 Å². The predicted molar refractivity (Wildman–Crippen MR) is 68.1 cm³/mol. The molecule has 1 heterocycles. The van der Waals surface area contributed by atoms with Crippen LogP contribution in [-0.4, -0.2) is 42.5 Å². The van der Waals surface area contributed by atoms with Gasteiger partial charge >= 0.3 is 0 Å². The topological polar surface area (TPSA) is 72.7 Å². The molecule has 0 saturated carbocycles. The third-order valence-corrected chi connectivity index (χ3v) is 3.78. The number of hydrogen-bond acceptors (Lipinski definition) is 5. The van der Waals surface area contributed by atoms with E-state index in [2.05, 4.69) is 27.8 Å². The molecule has 17 heavy (non-hydrogen) atoms. The molecule has 0 fully saturated rings. The van der Waals surface area contributed by atoms with Crippen LogP contribution in [0.2, 0.25) is 0 Å². The summed E-state index contributed by atoms with van der Waals surface area (Å²) in [6, 6.07) is 0.125. The number of hydrogen-bond donors (Lipinski definition) is 1. The van der Waals surface area contributed by atoms with Crippen molar-refractivity contribution in [1.29, 1.82) is 0 Å². The fourth-order valence-electron chi connectivity index (χ4n) is 1.47. The number of aromatic nitrogens is 4. The normalized spacial score (nSPS) is 14.8. The summed E-state index contributed by atoms with van der Waals surface area (Å²) in [4.78, 5) is 0. The van der Waals surface area contributed by atoms with E-state index in [0.717, 1.165) is 18.8 Å². The van der Waals surface area contributed by atoms with Gasteiger partial charge in [-0.3, -0.25) is 4.21 Å².